The van der Waals surface area contributed by atoms with Crippen LogP contribution in [0.1, 0.15) is 0 Å². The van der Waals surface area contributed by atoms with Crippen LogP contribution in [0.2, 0.25) is 5.02 Å². The molecule has 0 aromatic heterocycles. The molecular formula is C15H20ClN3O3. The van der Waals surface area contributed by atoms with Crippen LogP contribution < -0.4 is 5.32 Å². The Balaban J connectivity index is 1.75. The van der Waals surface area contributed by atoms with Crippen molar-refractivity contribution in [3.05, 3.63) is 29.3 Å². The summed E-state index contributed by atoms with van der Waals surface area (Å²) < 4.78 is 5.21. The number of morpholine rings is 1. The lowest BCUT2D eigenvalue weighted by Gasteiger charge is -2.28. The maximum absolute atomic E-state index is 12.1. The summed E-state index contributed by atoms with van der Waals surface area (Å²) in [6, 6.07) is 6.89. The number of hydrogen-bond acceptors (Lipinski definition) is 4. The monoisotopic (exact) mass is 325 g/mol. The number of nitrogens with zero attached hydrogens (tertiary/aromatic N) is 2. The van der Waals surface area contributed by atoms with Crippen molar-refractivity contribution in [1.29, 1.82) is 0 Å². The molecule has 1 saturated heterocycles. The Morgan fingerprint density at radius 3 is 2.50 bits per heavy atom. The third-order valence-electron chi connectivity index (χ3n) is 3.31. The molecule has 0 aliphatic carbocycles. The molecule has 120 valence electrons. The summed E-state index contributed by atoms with van der Waals surface area (Å²) in [6.45, 7) is 2.75. The molecule has 0 atom stereocenters. The molecule has 0 saturated carbocycles. The van der Waals surface area contributed by atoms with Crippen molar-refractivity contribution in [3.63, 3.8) is 0 Å². The van der Waals surface area contributed by atoms with E-state index in [0.717, 1.165) is 0 Å². The maximum atomic E-state index is 12.1. The molecule has 0 radical (unpaired) electrons. The van der Waals surface area contributed by atoms with Crippen LogP contribution in [0.15, 0.2) is 24.3 Å². The number of nitrogens with one attached hydrogen (secondary N) is 1. The first kappa shape index (κ1) is 16.7. The first-order valence-corrected chi connectivity index (χ1v) is 7.52. The van der Waals surface area contributed by atoms with E-state index in [0.29, 0.717) is 37.0 Å². The number of carbonyl (C=O) groups excluding carboxylic acids is 2. The number of likely N-dealkylation sites (N-methyl/N-ethyl adjacent to an activating group) is 1. The van der Waals surface area contributed by atoms with Crippen LogP contribution in [0.3, 0.4) is 0 Å². The first-order chi connectivity index (χ1) is 10.5. The van der Waals surface area contributed by atoms with E-state index in [2.05, 4.69) is 5.32 Å². The molecule has 0 unspecified atom stereocenters. The molecule has 0 bridgehead atoms. The molecule has 1 N–H and O–H groups in total. The minimum absolute atomic E-state index is 0.0186. The van der Waals surface area contributed by atoms with Gasteiger partial charge in [0.1, 0.15) is 0 Å². The van der Waals surface area contributed by atoms with Gasteiger partial charge < -0.3 is 15.0 Å². The average Bonchev–Trinajstić information content (AvgIpc) is 2.50. The van der Waals surface area contributed by atoms with E-state index in [1.807, 2.05) is 0 Å². The Labute approximate surface area is 135 Å². The van der Waals surface area contributed by atoms with Crippen molar-refractivity contribution in [3.8, 4) is 0 Å². The molecule has 22 heavy (non-hydrogen) atoms. The van der Waals surface area contributed by atoms with Crippen molar-refractivity contribution >= 4 is 29.1 Å². The minimum Gasteiger partial charge on any atom is -0.378 e. The molecule has 6 nitrogen and oxygen atoms in total. The van der Waals surface area contributed by atoms with E-state index in [-0.39, 0.29) is 24.9 Å². The highest BCUT2D eigenvalue weighted by Gasteiger charge is 2.19. The van der Waals surface area contributed by atoms with Crippen LogP contribution in [0.25, 0.3) is 0 Å². The third kappa shape index (κ3) is 5.29. The summed E-state index contributed by atoms with van der Waals surface area (Å²) in [5, 5.41) is 3.39. The van der Waals surface area contributed by atoms with E-state index < -0.39 is 0 Å². The maximum Gasteiger partial charge on any atom is 0.238 e. The van der Waals surface area contributed by atoms with E-state index in [4.69, 9.17) is 16.3 Å². The molecule has 0 spiro atoms. The molecule has 1 aromatic carbocycles. The quantitative estimate of drug-likeness (QED) is 0.879. The number of rotatable bonds is 5. The highest BCUT2D eigenvalue weighted by molar-refractivity contribution is 6.30. The molecule has 1 aliphatic rings. The van der Waals surface area contributed by atoms with E-state index in [1.54, 1.807) is 41.1 Å². The number of ether oxygens (including phenoxy) is 1. The van der Waals surface area contributed by atoms with Crippen molar-refractivity contribution in [2.45, 2.75) is 0 Å². The van der Waals surface area contributed by atoms with Gasteiger partial charge in [-0.15, -0.1) is 0 Å². The van der Waals surface area contributed by atoms with Crippen LogP contribution in [0.5, 0.6) is 0 Å². The normalized spacial score (nSPS) is 15.0. The predicted octanol–water partition coefficient (Wildman–Crippen LogP) is 1.07. The smallest absolute Gasteiger partial charge is 0.238 e. The van der Waals surface area contributed by atoms with Gasteiger partial charge in [-0.2, -0.15) is 0 Å². The molecule has 1 fully saturated rings. The Morgan fingerprint density at radius 2 is 1.86 bits per heavy atom. The van der Waals surface area contributed by atoms with Gasteiger partial charge in [0.25, 0.3) is 0 Å². The number of benzene rings is 1. The molecule has 7 heteroatoms. The second-order valence-corrected chi connectivity index (χ2v) is 5.66. The fraction of sp³-hybridized carbons (Fsp3) is 0.467. The van der Waals surface area contributed by atoms with E-state index in [9.17, 15) is 9.59 Å². The Hall–Kier alpha value is -1.63. The number of amides is 2. The van der Waals surface area contributed by atoms with Gasteiger partial charge in [0.15, 0.2) is 0 Å². The number of carbonyl (C=O) groups is 2. The summed E-state index contributed by atoms with van der Waals surface area (Å²) in [6.07, 6.45) is 0. The van der Waals surface area contributed by atoms with Gasteiger partial charge in [0.2, 0.25) is 11.8 Å². The second-order valence-electron chi connectivity index (χ2n) is 5.22. The van der Waals surface area contributed by atoms with Gasteiger partial charge in [0.05, 0.1) is 26.3 Å². The lowest BCUT2D eigenvalue weighted by molar-refractivity contribution is -0.136. The zero-order valence-corrected chi connectivity index (χ0v) is 13.3. The van der Waals surface area contributed by atoms with Gasteiger partial charge in [-0.3, -0.25) is 14.5 Å². The fourth-order valence-electron chi connectivity index (χ4n) is 2.18. The van der Waals surface area contributed by atoms with Gasteiger partial charge in [0, 0.05) is 23.8 Å². The highest BCUT2D eigenvalue weighted by Crippen LogP contribution is 2.13. The van der Waals surface area contributed by atoms with Gasteiger partial charge in [-0.25, -0.2) is 0 Å². The number of hydrogen-bond donors (Lipinski definition) is 1. The largest absolute Gasteiger partial charge is 0.378 e. The summed E-state index contributed by atoms with van der Waals surface area (Å²) in [5.41, 5.74) is 0.683. The zero-order chi connectivity index (χ0) is 15.9. The highest BCUT2D eigenvalue weighted by atomic mass is 35.5. The molecule has 1 heterocycles. The molecular weight excluding hydrogens is 306 g/mol. The SMILES string of the molecule is CN(CC(=O)Nc1ccc(Cl)cc1)CC(=O)N1CCOCC1. The lowest BCUT2D eigenvalue weighted by atomic mass is 10.3. The molecule has 1 aromatic rings. The summed E-state index contributed by atoms with van der Waals surface area (Å²) in [7, 11) is 1.75. The Kier molecular flexibility index (Phi) is 6.18. The fourth-order valence-corrected chi connectivity index (χ4v) is 2.30. The summed E-state index contributed by atoms with van der Waals surface area (Å²) >= 11 is 5.79. The summed E-state index contributed by atoms with van der Waals surface area (Å²) in [5.74, 6) is -0.148. The zero-order valence-electron chi connectivity index (χ0n) is 12.5. The standard InChI is InChI=1S/C15H20ClN3O3/c1-18(11-15(21)19-6-8-22-9-7-19)10-14(20)17-13-4-2-12(16)3-5-13/h2-5H,6-11H2,1H3,(H,17,20). The Morgan fingerprint density at radius 1 is 1.23 bits per heavy atom. The number of anilines is 1. The number of halogens is 1. The molecule has 2 amide bonds. The molecule has 2 rings (SSSR count). The van der Waals surface area contributed by atoms with Crippen LogP contribution in [-0.2, 0) is 14.3 Å². The van der Waals surface area contributed by atoms with Gasteiger partial charge >= 0.3 is 0 Å². The lowest BCUT2D eigenvalue weighted by Crippen LogP contribution is -2.46. The Bertz CT molecular complexity index is 515. The summed E-state index contributed by atoms with van der Waals surface area (Å²) in [4.78, 5) is 27.5. The van der Waals surface area contributed by atoms with Crippen molar-refractivity contribution in [1.82, 2.24) is 9.80 Å². The first-order valence-electron chi connectivity index (χ1n) is 7.14. The minimum atomic E-state index is -0.167. The van der Waals surface area contributed by atoms with Gasteiger partial charge in [-0.1, -0.05) is 11.6 Å². The van der Waals surface area contributed by atoms with Crippen molar-refractivity contribution in [2.24, 2.45) is 0 Å². The second kappa shape index (κ2) is 8.12. The molecule has 1 aliphatic heterocycles. The van der Waals surface area contributed by atoms with Crippen molar-refractivity contribution < 1.29 is 14.3 Å². The predicted molar refractivity (Wildman–Crippen MR) is 85.0 cm³/mol. The van der Waals surface area contributed by atoms with Crippen molar-refractivity contribution in [2.75, 3.05) is 51.8 Å². The van der Waals surface area contributed by atoms with E-state index >= 15 is 0 Å². The van der Waals surface area contributed by atoms with Gasteiger partial charge in [-0.05, 0) is 31.3 Å². The van der Waals surface area contributed by atoms with Crippen LogP contribution >= 0.6 is 11.6 Å². The average molecular weight is 326 g/mol. The topological polar surface area (TPSA) is 61.9 Å². The van der Waals surface area contributed by atoms with E-state index in [1.165, 1.54) is 0 Å². The van der Waals surface area contributed by atoms with Crippen LogP contribution in [0.4, 0.5) is 5.69 Å². The third-order valence-corrected chi connectivity index (χ3v) is 3.56. The van der Waals surface area contributed by atoms with Crippen LogP contribution in [-0.4, -0.2) is 68.1 Å². The van der Waals surface area contributed by atoms with Crippen LogP contribution in [0, 0.1) is 0 Å².